The molecule has 9 rings (SSSR count). The standard InChI is InChI=1S/C45H30N4/c1-4-13-31(14-5-1)32-23-25-34(26-24-32)43-47-42(33-15-6-2-7-16-33)48-44(49-43)38-20-12-22-40-41(38)37-19-10-11-21-39(37)45(40,35-17-8-3-9-18-35)36-27-29-46-30-28-36/h1-30H. The molecule has 2 aromatic heterocycles. The Kier molecular flexibility index (Phi) is 6.98. The molecule has 49 heavy (non-hydrogen) atoms. The van der Waals surface area contributed by atoms with E-state index in [1.807, 2.05) is 36.7 Å². The topological polar surface area (TPSA) is 51.6 Å². The third kappa shape index (κ3) is 4.77. The van der Waals surface area contributed by atoms with Gasteiger partial charge in [0.2, 0.25) is 0 Å². The van der Waals surface area contributed by atoms with Crippen molar-refractivity contribution in [1.29, 1.82) is 0 Å². The Morgan fingerprint density at radius 3 is 1.49 bits per heavy atom. The lowest BCUT2D eigenvalue weighted by Gasteiger charge is -2.33. The van der Waals surface area contributed by atoms with Crippen LogP contribution in [0.3, 0.4) is 0 Å². The van der Waals surface area contributed by atoms with Crippen molar-refractivity contribution in [2.45, 2.75) is 5.41 Å². The van der Waals surface area contributed by atoms with Gasteiger partial charge in [-0.15, -0.1) is 0 Å². The van der Waals surface area contributed by atoms with Crippen LogP contribution in [0.4, 0.5) is 0 Å². The van der Waals surface area contributed by atoms with Crippen molar-refractivity contribution < 1.29 is 0 Å². The van der Waals surface area contributed by atoms with Gasteiger partial charge in [0.1, 0.15) is 0 Å². The number of fused-ring (bicyclic) bond motifs is 3. The second kappa shape index (κ2) is 11.9. The average molecular weight is 627 g/mol. The van der Waals surface area contributed by atoms with Gasteiger partial charge >= 0.3 is 0 Å². The van der Waals surface area contributed by atoms with E-state index < -0.39 is 5.41 Å². The van der Waals surface area contributed by atoms with Crippen molar-refractivity contribution in [3.63, 3.8) is 0 Å². The highest BCUT2D eigenvalue weighted by Gasteiger charge is 2.47. The summed E-state index contributed by atoms with van der Waals surface area (Å²) >= 11 is 0. The highest BCUT2D eigenvalue weighted by Crippen LogP contribution is 2.57. The van der Waals surface area contributed by atoms with E-state index in [2.05, 4.69) is 151 Å². The number of hydrogen-bond acceptors (Lipinski definition) is 4. The quantitative estimate of drug-likeness (QED) is 0.184. The van der Waals surface area contributed by atoms with Crippen LogP contribution in [0.1, 0.15) is 22.3 Å². The smallest absolute Gasteiger partial charge is 0.164 e. The highest BCUT2D eigenvalue weighted by atomic mass is 15.0. The molecule has 0 N–H and O–H groups in total. The molecule has 0 fully saturated rings. The SMILES string of the molecule is c1ccc(-c2ccc(-c3nc(-c4ccccc4)nc(-c4cccc5c4-c4ccccc4C5(c4ccccc4)c4ccncc4)n3)cc2)cc1. The van der Waals surface area contributed by atoms with E-state index in [-0.39, 0.29) is 0 Å². The first-order chi connectivity index (χ1) is 24.3. The molecule has 1 atom stereocenters. The number of nitrogens with zero attached hydrogens (tertiary/aromatic N) is 4. The molecule has 8 aromatic rings. The zero-order valence-electron chi connectivity index (χ0n) is 26.6. The van der Waals surface area contributed by atoms with E-state index in [4.69, 9.17) is 15.0 Å². The lowest BCUT2D eigenvalue weighted by atomic mass is 9.68. The zero-order valence-corrected chi connectivity index (χ0v) is 26.6. The summed E-state index contributed by atoms with van der Waals surface area (Å²) in [6, 6.07) is 59.4. The summed E-state index contributed by atoms with van der Waals surface area (Å²) in [5, 5.41) is 0. The molecule has 4 nitrogen and oxygen atoms in total. The lowest BCUT2D eigenvalue weighted by molar-refractivity contribution is 0.766. The second-order valence-corrected chi connectivity index (χ2v) is 12.2. The van der Waals surface area contributed by atoms with Crippen LogP contribution in [0, 0.1) is 0 Å². The Hall–Kier alpha value is -6.52. The predicted octanol–water partition coefficient (Wildman–Crippen LogP) is 10.3. The average Bonchev–Trinajstić information content (AvgIpc) is 3.50. The molecule has 230 valence electrons. The van der Waals surface area contributed by atoms with E-state index in [0.717, 1.165) is 33.4 Å². The van der Waals surface area contributed by atoms with Gasteiger partial charge < -0.3 is 0 Å². The van der Waals surface area contributed by atoms with E-state index in [0.29, 0.717) is 17.5 Å². The summed E-state index contributed by atoms with van der Waals surface area (Å²) < 4.78 is 0. The predicted molar refractivity (Wildman–Crippen MR) is 197 cm³/mol. The summed E-state index contributed by atoms with van der Waals surface area (Å²) in [6.45, 7) is 0. The van der Waals surface area contributed by atoms with Crippen molar-refractivity contribution in [2.24, 2.45) is 0 Å². The fourth-order valence-corrected chi connectivity index (χ4v) is 7.38. The van der Waals surface area contributed by atoms with E-state index in [9.17, 15) is 0 Å². The molecule has 0 saturated heterocycles. The normalized spacial score (nSPS) is 14.6. The van der Waals surface area contributed by atoms with Crippen molar-refractivity contribution in [3.8, 4) is 56.4 Å². The van der Waals surface area contributed by atoms with Crippen LogP contribution in [-0.4, -0.2) is 19.9 Å². The summed E-state index contributed by atoms with van der Waals surface area (Å²) in [7, 11) is 0. The van der Waals surface area contributed by atoms with Crippen LogP contribution in [0.25, 0.3) is 56.4 Å². The number of pyridine rings is 1. The van der Waals surface area contributed by atoms with Crippen molar-refractivity contribution in [1.82, 2.24) is 19.9 Å². The van der Waals surface area contributed by atoms with Crippen LogP contribution >= 0.6 is 0 Å². The van der Waals surface area contributed by atoms with E-state index in [1.54, 1.807) is 0 Å². The number of aromatic nitrogens is 4. The molecule has 1 aliphatic rings. The zero-order chi connectivity index (χ0) is 32.6. The molecule has 4 heteroatoms. The van der Waals surface area contributed by atoms with Gasteiger partial charge in [-0.05, 0) is 56.6 Å². The molecule has 1 aliphatic carbocycles. The molecule has 0 bridgehead atoms. The van der Waals surface area contributed by atoms with Gasteiger partial charge in [0.15, 0.2) is 17.5 Å². The van der Waals surface area contributed by atoms with Crippen LogP contribution in [0.2, 0.25) is 0 Å². The second-order valence-electron chi connectivity index (χ2n) is 12.2. The molecule has 1 unspecified atom stereocenters. The molecule has 6 aromatic carbocycles. The Morgan fingerprint density at radius 2 is 0.796 bits per heavy atom. The third-order valence-electron chi connectivity index (χ3n) is 9.55. The largest absolute Gasteiger partial charge is 0.265 e. The van der Waals surface area contributed by atoms with Crippen LogP contribution in [0.5, 0.6) is 0 Å². The Morgan fingerprint density at radius 1 is 0.327 bits per heavy atom. The molecule has 0 saturated carbocycles. The summed E-state index contributed by atoms with van der Waals surface area (Å²) in [4.78, 5) is 19.8. The molecular weight excluding hydrogens is 597 g/mol. The van der Waals surface area contributed by atoms with Gasteiger partial charge in [-0.25, -0.2) is 15.0 Å². The summed E-state index contributed by atoms with van der Waals surface area (Å²) in [5.41, 5.74) is 11.7. The van der Waals surface area contributed by atoms with Gasteiger partial charge in [-0.3, -0.25) is 4.98 Å². The summed E-state index contributed by atoms with van der Waals surface area (Å²) in [6.07, 6.45) is 3.77. The minimum absolute atomic E-state index is 0.544. The number of benzene rings is 6. The first-order valence-electron chi connectivity index (χ1n) is 16.5. The van der Waals surface area contributed by atoms with Crippen molar-refractivity contribution >= 4 is 0 Å². The molecule has 0 aliphatic heterocycles. The lowest BCUT2D eigenvalue weighted by Crippen LogP contribution is -2.28. The van der Waals surface area contributed by atoms with Gasteiger partial charge in [-0.2, -0.15) is 0 Å². The molecule has 0 spiro atoms. The number of rotatable bonds is 6. The van der Waals surface area contributed by atoms with Crippen molar-refractivity contribution in [3.05, 3.63) is 205 Å². The Bertz CT molecular complexity index is 2370. The highest BCUT2D eigenvalue weighted by molar-refractivity contribution is 5.94. The molecule has 0 radical (unpaired) electrons. The minimum Gasteiger partial charge on any atom is -0.265 e. The fraction of sp³-hybridized carbons (Fsp3) is 0.0222. The van der Waals surface area contributed by atoms with E-state index >= 15 is 0 Å². The minimum atomic E-state index is -0.544. The fourth-order valence-electron chi connectivity index (χ4n) is 7.38. The first kappa shape index (κ1) is 28.7. The number of hydrogen-bond donors (Lipinski definition) is 0. The molecular formula is C45H30N4. The van der Waals surface area contributed by atoms with Crippen LogP contribution in [-0.2, 0) is 5.41 Å². The van der Waals surface area contributed by atoms with Gasteiger partial charge in [0.25, 0.3) is 0 Å². The summed E-state index contributed by atoms with van der Waals surface area (Å²) in [5.74, 6) is 1.91. The Labute approximate surface area is 285 Å². The van der Waals surface area contributed by atoms with Crippen LogP contribution in [0.15, 0.2) is 182 Å². The van der Waals surface area contributed by atoms with Gasteiger partial charge in [0, 0.05) is 29.1 Å². The van der Waals surface area contributed by atoms with Crippen molar-refractivity contribution in [2.75, 3.05) is 0 Å². The first-order valence-corrected chi connectivity index (χ1v) is 16.5. The maximum Gasteiger partial charge on any atom is 0.164 e. The molecule has 0 amide bonds. The van der Waals surface area contributed by atoms with E-state index in [1.165, 1.54) is 27.8 Å². The van der Waals surface area contributed by atoms with Gasteiger partial charge in [0.05, 0.1) is 5.41 Å². The molecule has 2 heterocycles. The van der Waals surface area contributed by atoms with Gasteiger partial charge in [-0.1, -0.05) is 158 Å². The third-order valence-corrected chi connectivity index (χ3v) is 9.55. The van der Waals surface area contributed by atoms with Crippen LogP contribution < -0.4 is 0 Å². The Balaban J connectivity index is 1.29. The maximum absolute atomic E-state index is 5.21. The maximum atomic E-state index is 5.21. The monoisotopic (exact) mass is 626 g/mol.